The van der Waals surface area contributed by atoms with Gasteiger partial charge in [0, 0.05) is 5.56 Å². The maximum Gasteiger partial charge on any atom is 0.150 e. The van der Waals surface area contributed by atoms with E-state index in [1.165, 1.54) is 12.1 Å². The molecular weight excluding hydrogens is 290 g/mol. The molecule has 0 heterocycles. The summed E-state index contributed by atoms with van der Waals surface area (Å²) in [5, 5.41) is 0. The molecule has 17 heavy (non-hydrogen) atoms. The maximum atomic E-state index is 13.3. The van der Waals surface area contributed by atoms with Crippen molar-refractivity contribution in [1.29, 1.82) is 0 Å². The van der Waals surface area contributed by atoms with Crippen LogP contribution in [-0.2, 0) is 0 Å². The lowest BCUT2D eigenvalue weighted by molar-refractivity contribution is 0.112. The van der Waals surface area contributed by atoms with Crippen LogP contribution < -0.4 is 0 Å². The summed E-state index contributed by atoms with van der Waals surface area (Å²) in [5.41, 5.74) is 1.60. The van der Waals surface area contributed by atoms with Gasteiger partial charge in [0.25, 0.3) is 0 Å². The smallest absolute Gasteiger partial charge is 0.150 e. The van der Waals surface area contributed by atoms with E-state index in [9.17, 15) is 13.6 Å². The second kappa shape index (κ2) is 4.75. The van der Waals surface area contributed by atoms with Crippen molar-refractivity contribution in [3.8, 4) is 11.1 Å². The average Bonchev–Trinajstić information content (AvgIpc) is 2.35. The van der Waals surface area contributed by atoms with Crippen LogP contribution in [0.4, 0.5) is 8.78 Å². The van der Waals surface area contributed by atoms with Gasteiger partial charge in [-0.05, 0) is 39.2 Å². The molecule has 0 amide bonds. The molecule has 0 N–H and O–H groups in total. The van der Waals surface area contributed by atoms with E-state index in [4.69, 9.17) is 0 Å². The number of hydrogen-bond donors (Lipinski definition) is 0. The Morgan fingerprint density at radius 2 is 1.47 bits per heavy atom. The Labute approximate surface area is 105 Å². The number of halogens is 3. The summed E-state index contributed by atoms with van der Waals surface area (Å²) in [6, 6.07) is 8.96. The molecule has 2 aromatic carbocycles. The maximum absolute atomic E-state index is 13.3. The van der Waals surface area contributed by atoms with Crippen molar-refractivity contribution in [3.05, 3.63) is 58.1 Å². The van der Waals surface area contributed by atoms with E-state index in [1.807, 2.05) is 0 Å². The first-order chi connectivity index (χ1) is 8.11. The van der Waals surface area contributed by atoms with Gasteiger partial charge in [-0.15, -0.1) is 0 Å². The molecule has 0 bridgehead atoms. The van der Waals surface area contributed by atoms with Gasteiger partial charge in [0.1, 0.15) is 17.9 Å². The monoisotopic (exact) mass is 296 g/mol. The summed E-state index contributed by atoms with van der Waals surface area (Å²) in [5.74, 6) is -1.31. The summed E-state index contributed by atoms with van der Waals surface area (Å²) in [4.78, 5) is 10.5. The normalized spacial score (nSPS) is 10.3. The Bertz CT molecular complexity index is 541. The van der Waals surface area contributed by atoms with Crippen LogP contribution in [0.15, 0.2) is 40.9 Å². The third-order valence-electron chi connectivity index (χ3n) is 2.36. The molecule has 0 aliphatic carbocycles. The SMILES string of the molecule is O=Cc1ccc(-c2cc(F)c(Br)c(F)c2)cc1. The molecule has 0 spiro atoms. The molecule has 0 aromatic heterocycles. The number of rotatable bonds is 2. The van der Waals surface area contributed by atoms with E-state index in [1.54, 1.807) is 24.3 Å². The fourth-order valence-corrected chi connectivity index (χ4v) is 1.71. The van der Waals surface area contributed by atoms with Gasteiger partial charge in [0.2, 0.25) is 0 Å². The van der Waals surface area contributed by atoms with Crippen molar-refractivity contribution in [3.63, 3.8) is 0 Å². The number of hydrogen-bond acceptors (Lipinski definition) is 1. The number of carbonyl (C=O) groups is 1. The van der Waals surface area contributed by atoms with Gasteiger partial charge in [-0.3, -0.25) is 4.79 Å². The summed E-state index contributed by atoms with van der Waals surface area (Å²) in [6.07, 6.45) is 0.715. The standard InChI is InChI=1S/C13H7BrF2O/c14-13-11(15)5-10(6-12(13)16)9-3-1-8(7-17)2-4-9/h1-7H. The molecule has 0 aliphatic rings. The summed E-state index contributed by atoms with van der Waals surface area (Å²) in [7, 11) is 0. The minimum absolute atomic E-state index is 0.175. The highest BCUT2D eigenvalue weighted by Crippen LogP contribution is 2.27. The topological polar surface area (TPSA) is 17.1 Å². The highest BCUT2D eigenvalue weighted by atomic mass is 79.9. The van der Waals surface area contributed by atoms with Crippen LogP contribution >= 0.6 is 15.9 Å². The minimum atomic E-state index is -0.653. The molecule has 0 saturated heterocycles. The highest BCUT2D eigenvalue weighted by molar-refractivity contribution is 9.10. The Morgan fingerprint density at radius 1 is 0.941 bits per heavy atom. The molecule has 1 nitrogen and oxygen atoms in total. The minimum Gasteiger partial charge on any atom is -0.298 e. The van der Waals surface area contributed by atoms with E-state index >= 15 is 0 Å². The van der Waals surface area contributed by atoms with Crippen molar-refractivity contribution in [2.45, 2.75) is 0 Å². The van der Waals surface area contributed by atoms with E-state index in [0.29, 0.717) is 23.0 Å². The van der Waals surface area contributed by atoms with Gasteiger partial charge >= 0.3 is 0 Å². The number of benzene rings is 2. The number of carbonyl (C=O) groups excluding carboxylic acids is 1. The zero-order valence-electron chi connectivity index (χ0n) is 8.58. The van der Waals surface area contributed by atoms with Crippen molar-refractivity contribution >= 4 is 22.2 Å². The first-order valence-corrected chi connectivity index (χ1v) is 5.61. The molecule has 0 aliphatic heterocycles. The van der Waals surface area contributed by atoms with Crippen LogP contribution in [0.1, 0.15) is 10.4 Å². The van der Waals surface area contributed by atoms with Gasteiger partial charge in [0.05, 0.1) is 4.47 Å². The summed E-state index contributed by atoms with van der Waals surface area (Å²) < 4.78 is 26.5. The van der Waals surface area contributed by atoms with Gasteiger partial charge in [-0.25, -0.2) is 8.78 Å². The molecule has 0 atom stereocenters. The molecule has 0 saturated carbocycles. The first kappa shape index (κ1) is 11.9. The molecule has 2 rings (SSSR count). The third-order valence-corrected chi connectivity index (χ3v) is 3.12. The molecule has 4 heteroatoms. The van der Waals surface area contributed by atoms with Crippen LogP contribution in [0.3, 0.4) is 0 Å². The van der Waals surface area contributed by atoms with Crippen molar-refractivity contribution in [2.75, 3.05) is 0 Å². The largest absolute Gasteiger partial charge is 0.298 e. The van der Waals surface area contributed by atoms with Gasteiger partial charge in [0.15, 0.2) is 0 Å². The Morgan fingerprint density at radius 3 is 1.94 bits per heavy atom. The lowest BCUT2D eigenvalue weighted by atomic mass is 10.0. The first-order valence-electron chi connectivity index (χ1n) is 4.82. The van der Waals surface area contributed by atoms with E-state index in [0.717, 1.165) is 0 Å². The number of aldehydes is 1. The lowest BCUT2D eigenvalue weighted by Gasteiger charge is -2.04. The van der Waals surface area contributed by atoms with Gasteiger partial charge in [-0.2, -0.15) is 0 Å². The molecule has 2 aromatic rings. The second-order valence-electron chi connectivity index (χ2n) is 3.49. The molecule has 0 radical (unpaired) electrons. The van der Waals surface area contributed by atoms with E-state index in [2.05, 4.69) is 15.9 Å². The van der Waals surface area contributed by atoms with Crippen LogP contribution in [0.25, 0.3) is 11.1 Å². The van der Waals surface area contributed by atoms with Crippen LogP contribution in [0.5, 0.6) is 0 Å². The van der Waals surface area contributed by atoms with Crippen molar-refractivity contribution in [2.24, 2.45) is 0 Å². The van der Waals surface area contributed by atoms with Gasteiger partial charge < -0.3 is 0 Å². The molecular formula is C13H7BrF2O. The molecule has 86 valence electrons. The van der Waals surface area contributed by atoms with Crippen LogP contribution in [0, 0.1) is 11.6 Å². The van der Waals surface area contributed by atoms with Crippen molar-refractivity contribution < 1.29 is 13.6 Å². The zero-order valence-corrected chi connectivity index (χ0v) is 10.2. The predicted molar refractivity (Wildman–Crippen MR) is 64.9 cm³/mol. The lowest BCUT2D eigenvalue weighted by Crippen LogP contribution is -1.88. The van der Waals surface area contributed by atoms with Gasteiger partial charge in [-0.1, -0.05) is 24.3 Å². The van der Waals surface area contributed by atoms with Crippen molar-refractivity contribution in [1.82, 2.24) is 0 Å². The summed E-state index contributed by atoms with van der Waals surface area (Å²) >= 11 is 2.81. The van der Waals surface area contributed by atoms with Crippen LogP contribution in [-0.4, -0.2) is 6.29 Å². The Balaban J connectivity index is 2.49. The van der Waals surface area contributed by atoms with E-state index < -0.39 is 11.6 Å². The highest BCUT2D eigenvalue weighted by Gasteiger charge is 2.09. The fraction of sp³-hybridized carbons (Fsp3) is 0. The van der Waals surface area contributed by atoms with E-state index in [-0.39, 0.29) is 4.47 Å². The fourth-order valence-electron chi connectivity index (χ4n) is 1.48. The predicted octanol–water partition coefficient (Wildman–Crippen LogP) is 4.21. The average molecular weight is 297 g/mol. The summed E-state index contributed by atoms with van der Waals surface area (Å²) in [6.45, 7) is 0. The zero-order chi connectivity index (χ0) is 12.4. The molecule has 0 unspecified atom stereocenters. The van der Waals surface area contributed by atoms with Crippen LogP contribution in [0.2, 0.25) is 0 Å². The Hall–Kier alpha value is -1.55. The Kier molecular flexibility index (Phi) is 3.33. The second-order valence-corrected chi connectivity index (χ2v) is 4.29. The third kappa shape index (κ3) is 2.42. The molecule has 0 fully saturated rings. The quantitative estimate of drug-likeness (QED) is 0.599.